The van der Waals surface area contributed by atoms with E-state index in [2.05, 4.69) is 32.4 Å². The second kappa shape index (κ2) is 6.85. The zero-order valence-corrected chi connectivity index (χ0v) is 16.0. The van der Waals surface area contributed by atoms with Gasteiger partial charge in [0.25, 0.3) is 0 Å². The van der Waals surface area contributed by atoms with Crippen molar-refractivity contribution in [1.29, 1.82) is 0 Å². The number of hydrogen-bond donors (Lipinski definition) is 1. The van der Waals surface area contributed by atoms with Crippen LogP contribution in [0.5, 0.6) is 0 Å². The molecule has 0 aliphatic heterocycles. The SMILES string of the molecule is Cn1nnn(C2=CC=CC(C3CC3)C2OCc2cccc(N)c2Br)c1=O. The molecule has 2 aliphatic carbocycles. The van der Waals surface area contributed by atoms with E-state index in [0.29, 0.717) is 18.2 Å². The summed E-state index contributed by atoms with van der Waals surface area (Å²) in [4.78, 5) is 12.3. The van der Waals surface area contributed by atoms with Crippen molar-refractivity contribution < 1.29 is 4.74 Å². The molecule has 1 saturated carbocycles. The molecule has 7 nitrogen and oxygen atoms in total. The quantitative estimate of drug-likeness (QED) is 0.754. The number of nitrogen functional groups attached to an aromatic ring is 1. The molecule has 8 heteroatoms. The molecule has 2 atom stereocenters. The lowest BCUT2D eigenvalue weighted by Gasteiger charge is -2.29. The van der Waals surface area contributed by atoms with Gasteiger partial charge in [-0.1, -0.05) is 24.3 Å². The van der Waals surface area contributed by atoms with Crippen LogP contribution in [-0.2, 0) is 18.4 Å². The van der Waals surface area contributed by atoms with Crippen LogP contribution in [0.15, 0.2) is 45.7 Å². The summed E-state index contributed by atoms with van der Waals surface area (Å²) < 4.78 is 9.70. The molecular formula is C18H20BrN5O2. The number of rotatable bonds is 5. The van der Waals surface area contributed by atoms with Crippen LogP contribution in [0.2, 0.25) is 0 Å². The van der Waals surface area contributed by atoms with Crippen LogP contribution in [0.1, 0.15) is 18.4 Å². The Balaban J connectivity index is 1.64. The van der Waals surface area contributed by atoms with Gasteiger partial charge in [0.2, 0.25) is 0 Å². The summed E-state index contributed by atoms with van der Waals surface area (Å²) in [6.07, 6.45) is 8.14. The fraction of sp³-hybridized carbons (Fsp3) is 0.389. The highest BCUT2D eigenvalue weighted by atomic mass is 79.9. The number of nitrogens with zero attached hydrogens (tertiary/aromatic N) is 4. The lowest BCUT2D eigenvalue weighted by atomic mass is 9.90. The second-order valence-electron chi connectivity index (χ2n) is 6.74. The predicted molar refractivity (Wildman–Crippen MR) is 102 cm³/mol. The third kappa shape index (κ3) is 3.14. The molecule has 26 heavy (non-hydrogen) atoms. The standard InChI is InChI=1S/C18H20BrN5O2/c1-23-18(25)24(22-21-23)15-7-3-5-13(11-8-9-11)17(15)26-10-12-4-2-6-14(20)16(12)19/h2-7,11,13,17H,8-10,20H2,1H3. The number of allylic oxidation sites excluding steroid dienone is 2. The summed E-state index contributed by atoms with van der Waals surface area (Å²) in [5.41, 5.74) is 8.06. The van der Waals surface area contributed by atoms with Gasteiger partial charge in [0, 0.05) is 23.1 Å². The molecule has 1 aromatic carbocycles. The molecule has 2 aliphatic rings. The summed E-state index contributed by atoms with van der Waals surface area (Å²) in [5, 5.41) is 7.82. The average Bonchev–Trinajstić information content (AvgIpc) is 3.43. The van der Waals surface area contributed by atoms with Crippen molar-refractivity contribution in [3.63, 3.8) is 0 Å². The number of ether oxygens (including phenoxy) is 1. The maximum absolute atomic E-state index is 12.3. The third-order valence-corrected chi connectivity index (χ3v) is 5.87. The summed E-state index contributed by atoms with van der Waals surface area (Å²) in [5.74, 6) is 0.806. The van der Waals surface area contributed by atoms with Gasteiger partial charge in [-0.15, -0.1) is 0 Å². The molecule has 2 N–H and O–H groups in total. The largest absolute Gasteiger partial charge is 0.398 e. The molecule has 2 aromatic rings. The van der Waals surface area contributed by atoms with Crippen LogP contribution in [-0.4, -0.2) is 25.9 Å². The Morgan fingerprint density at radius 1 is 1.35 bits per heavy atom. The minimum atomic E-state index is -0.278. The maximum Gasteiger partial charge on any atom is 0.367 e. The predicted octanol–water partition coefficient (Wildman–Crippen LogP) is 2.34. The highest BCUT2D eigenvalue weighted by Gasteiger charge is 2.39. The Bertz CT molecular complexity index is 941. The van der Waals surface area contributed by atoms with Gasteiger partial charge >= 0.3 is 5.69 Å². The Morgan fingerprint density at radius 2 is 2.15 bits per heavy atom. The number of hydrogen-bond acceptors (Lipinski definition) is 5. The van der Waals surface area contributed by atoms with Gasteiger partial charge in [0.15, 0.2) is 0 Å². The van der Waals surface area contributed by atoms with E-state index in [1.54, 1.807) is 7.05 Å². The Hall–Kier alpha value is -2.19. The van der Waals surface area contributed by atoms with Crippen molar-refractivity contribution in [3.8, 4) is 0 Å². The molecule has 0 amide bonds. The normalized spacial score (nSPS) is 22.5. The molecule has 0 saturated heterocycles. The van der Waals surface area contributed by atoms with E-state index >= 15 is 0 Å². The second-order valence-corrected chi connectivity index (χ2v) is 7.53. The summed E-state index contributed by atoms with van der Waals surface area (Å²) >= 11 is 3.52. The first-order chi connectivity index (χ1) is 12.6. The fourth-order valence-corrected chi connectivity index (χ4v) is 3.69. The van der Waals surface area contributed by atoms with Gasteiger partial charge < -0.3 is 10.5 Å². The Kier molecular flexibility index (Phi) is 4.54. The topological polar surface area (TPSA) is 88.0 Å². The molecule has 0 bridgehead atoms. The lowest BCUT2D eigenvalue weighted by molar-refractivity contribution is 0.0412. The molecule has 1 aromatic heterocycles. The lowest BCUT2D eigenvalue weighted by Crippen LogP contribution is -2.34. The van der Waals surface area contributed by atoms with Crippen LogP contribution in [0.4, 0.5) is 5.69 Å². The van der Waals surface area contributed by atoms with Gasteiger partial charge in [0.05, 0.1) is 12.3 Å². The van der Waals surface area contributed by atoms with Crippen molar-refractivity contribution in [2.75, 3.05) is 5.73 Å². The minimum absolute atomic E-state index is 0.226. The Labute approximate surface area is 159 Å². The van der Waals surface area contributed by atoms with Gasteiger partial charge in [-0.3, -0.25) is 0 Å². The molecule has 136 valence electrons. The third-order valence-electron chi connectivity index (χ3n) is 4.90. The number of benzene rings is 1. The number of tetrazole rings is 1. The van der Waals surface area contributed by atoms with E-state index in [9.17, 15) is 4.79 Å². The van der Waals surface area contributed by atoms with Gasteiger partial charge in [-0.2, -0.15) is 9.36 Å². The maximum atomic E-state index is 12.3. The highest BCUT2D eigenvalue weighted by Crippen LogP contribution is 2.44. The van der Waals surface area contributed by atoms with Crippen LogP contribution >= 0.6 is 15.9 Å². The van der Waals surface area contributed by atoms with Crippen molar-refractivity contribution in [1.82, 2.24) is 19.8 Å². The summed E-state index contributed by atoms with van der Waals surface area (Å²) in [7, 11) is 1.59. The molecule has 1 fully saturated rings. The van der Waals surface area contributed by atoms with E-state index < -0.39 is 0 Å². The van der Waals surface area contributed by atoms with Gasteiger partial charge in [0.1, 0.15) is 6.10 Å². The monoisotopic (exact) mass is 417 g/mol. The van der Waals surface area contributed by atoms with Gasteiger partial charge in [-0.25, -0.2) is 4.79 Å². The average molecular weight is 418 g/mol. The smallest absolute Gasteiger partial charge is 0.367 e. The van der Waals surface area contributed by atoms with Crippen molar-refractivity contribution >= 4 is 27.3 Å². The molecule has 1 heterocycles. The minimum Gasteiger partial charge on any atom is -0.398 e. The van der Waals surface area contributed by atoms with E-state index in [1.807, 2.05) is 30.4 Å². The summed E-state index contributed by atoms with van der Waals surface area (Å²) in [6, 6.07) is 5.72. The highest BCUT2D eigenvalue weighted by molar-refractivity contribution is 9.10. The first-order valence-corrected chi connectivity index (χ1v) is 9.38. The number of aromatic nitrogens is 4. The molecule has 0 radical (unpaired) electrons. The van der Waals surface area contributed by atoms with Crippen LogP contribution in [0, 0.1) is 11.8 Å². The van der Waals surface area contributed by atoms with Crippen molar-refractivity contribution in [2.45, 2.75) is 25.6 Å². The number of anilines is 1. The van der Waals surface area contributed by atoms with Crippen LogP contribution < -0.4 is 11.4 Å². The van der Waals surface area contributed by atoms with Gasteiger partial charge in [-0.05, 0) is 62.8 Å². The van der Waals surface area contributed by atoms with E-state index in [0.717, 1.165) is 15.7 Å². The van der Waals surface area contributed by atoms with Crippen molar-refractivity contribution in [2.24, 2.45) is 18.9 Å². The molecule has 2 unspecified atom stereocenters. The molecule has 4 rings (SSSR count). The Morgan fingerprint density at radius 3 is 2.85 bits per heavy atom. The van der Waals surface area contributed by atoms with Crippen LogP contribution in [0.3, 0.4) is 0 Å². The zero-order valence-electron chi connectivity index (χ0n) is 14.4. The zero-order chi connectivity index (χ0) is 18.3. The van der Waals surface area contributed by atoms with E-state index in [4.69, 9.17) is 10.5 Å². The summed E-state index contributed by atoms with van der Waals surface area (Å²) in [6.45, 7) is 0.389. The number of aryl methyl sites for hydroxylation is 1. The molecular weight excluding hydrogens is 398 g/mol. The van der Waals surface area contributed by atoms with E-state index in [-0.39, 0.29) is 17.7 Å². The van der Waals surface area contributed by atoms with Crippen molar-refractivity contribution in [3.05, 3.63) is 56.9 Å². The number of nitrogens with two attached hydrogens (primary N) is 1. The molecule has 0 spiro atoms. The van der Waals surface area contributed by atoms with Crippen LogP contribution in [0.25, 0.3) is 5.70 Å². The fourth-order valence-electron chi connectivity index (χ4n) is 3.31. The number of halogens is 1. The van der Waals surface area contributed by atoms with E-state index in [1.165, 1.54) is 22.2 Å². The first-order valence-electron chi connectivity index (χ1n) is 8.58. The first kappa shape index (κ1) is 17.2.